The summed E-state index contributed by atoms with van der Waals surface area (Å²) in [5.41, 5.74) is 2.64. The van der Waals surface area contributed by atoms with Crippen molar-refractivity contribution in [3.63, 3.8) is 0 Å². The molecule has 0 spiro atoms. The van der Waals surface area contributed by atoms with Crippen LogP contribution in [0.15, 0.2) is 128 Å². The van der Waals surface area contributed by atoms with E-state index >= 15 is 0 Å². The highest BCUT2D eigenvalue weighted by Crippen LogP contribution is 2.44. The molecule has 0 bridgehead atoms. The Morgan fingerprint density at radius 1 is 0.488 bits per heavy atom. The minimum absolute atomic E-state index is 0.652. The molecule has 0 atom stereocenters. The summed E-state index contributed by atoms with van der Waals surface area (Å²) in [6, 6.07) is 35.4. The first-order valence-corrected chi connectivity index (χ1v) is 14.4. The van der Waals surface area contributed by atoms with Crippen molar-refractivity contribution in [2.75, 3.05) is 0 Å². The maximum absolute atomic E-state index is 4.84. The van der Waals surface area contributed by atoms with E-state index in [-0.39, 0.29) is 0 Å². The van der Waals surface area contributed by atoms with Crippen molar-refractivity contribution in [3.05, 3.63) is 128 Å². The molecule has 5 heteroatoms. The number of nitrogens with zero attached hydrogens (tertiary/aromatic N) is 5. The van der Waals surface area contributed by atoms with Crippen molar-refractivity contribution in [1.82, 2.24) is 24.3 Å². The molecule has 0 aliphatic rings. The third-order valence-corrected chi connectivity index (χ3v) is 8.87. The van der Waals surface area contributed by atoms with Gasteiger partial charge in [-0.2, -0.15) is 0 Å². The summed E-state index contributed by atoms with van der Waals surface area (Å²) in [5, 5.41) is 15.1. The summed E-state index contributed by atoms with van der Waals surface area (Å²) < 4.78 is 1.90. The van der Waals surface area contributed by atoms with Crippen LogP contribution < -0.4 is 0 Å². The molecule has 0 radical (unpaired) electrons. The van der Waals surface area contributed by atoms with Crippen LogP contribution >= 0.6 is 0 Å². The predicted molar refractivity (Wildman–Crippen MR) is 176 cm³/mol. The molecular weight excluding hydrogens is 526 g/mol. The summed E-state index contributed by atoms with van der Waals surface area (Å²) in [4.78, 5) is 18.7. The van der Waals surface area contributed by atoms with Crippen LogP contribution in [0.4, 0.5) is 0 Å². The maximum atomic E-state index is 4.84. The zero-order valence-corrected chi connectivity index (χ0v) is 22.9. The summed E-state index contributed by atoms with van der Waals surface area (Å²) in [6.45, 7) is 0. The van der Waals surface area contributed by atoms with Gasteiger partial charge in [0, 0.05) is 42.1 Å². The van der Waals surface area contributed by atoms with Crippen LogP contribution in [0.1, 0.15) is 0 Å². The summed E-state index contributed by atoms with van der Waals surface area (Å²) in [7, 11) is 0. The van der Waals surface area contributed by atoms with Crippen LogP contribution in [0.5, 0.6) is 0 Å². The van der Waals surface area contributed by atoms with Gasteiger partial charge in [-0.05, 0) is 82.8 Å². The van der Waals surface area contributed by atoms with E-state index in [4.69, 9.17) is 9.97 Å². The molecule has 3 aromatic heterocycles. The Morgan fingerprint density at radius 2 is 1.07 bits per heavy atom. The molecule has 7 aromatic carbocycles. The molecule has 0 aliphatic carbocycles. The molecule has 0 amide bonds. The molecule has 43 heavy (non-hydrogen) atoms. The fourth-order valence-electron chi connectivity index (χ4n) is 6.99. The van der Waals surface area contributed by atoms with E-state index in [9.17, 15) is 0 Å². The Bertz CT molecular complexity index is 2680. The lowest BCUT2D eigenvalue weighted by molar-refractivity contribution is 1.11. The molecule has 0 saturated heterocycles. The van der Waals surface area contributed by atoms with Gasteiger partial charge in [-0.15, -0.1) is 0 Å². The first-order chi connectivity index (χ1) is 21.3. The quantitative estimate of drug-likeness (QED) is 0.202. The average Bonchev–Trinajstić information content (AvgIpc) is 3.51. The summed E-state index contributed by atoms with van der Waals surface area (Å²) in [6.07, 6.45) is 9.34. The van der Waals surface area contributed by atoms with Crippen molar-refractivity contribution in [2.45, 2.75) is 0 Å². The van der Waals surface area contributed by atoms with Crippen molar-refractivity contribution < 1.29 is 0 Å². The number of imidazole rings is 1. The molecular formula is C38H21N5. The van der Waals surface area contributed by atoms with E-state index in [2.05, 4.69) is 101 Å². The highest BCUT2D eigenvalue weighted by Gasteiger charge is 2.17. The van der Waals surface area contributed by atoms with Gasteiger partial charge in [-0.1, -0.05) is 78.9 Å². The molecule has 198 valence electrons. The third kappa shape index (κ3) is 3.16. The van der Waals surface area contributed by atoms with Crippen LogP contribution in [0, 0.1) is 0 Å². The van der Waals surface area contributed by atoms with Crippen molar-refractivity contribution in [1.29, 1.82) is 0 Å². The van der Waals surface area contributed by atoms with Crippen LogP contribution in [0.25, 0.3) is 93.1 Å². The topological polar surface area (TPSA) is 56.0 Å². The van der Waals surface area contributed by atoms with Crippen molar-refractivity contribution >= 4 is 70.4 Å². The van der Waals surface area contributed by atoms with Gasteiger partial charge < -0.3 is 0 Å². The molecule has 10 aromatic rings. The Hall–Kier alpha value is -5.94. The van der Waals surface area contributed by atoms with E-state index in [1.54, 1.807) is 6.20 Å². The smallest absolute Gasteiger partial charge is 0.234 e. The largest absolute Gasteiger partial charge is 0.291 e. The second kappa shape index (κ2) is 8.30. The Kier molecular flexibility index (Phi) is 4.39. The van der Waals surface area contributed by atoms with Gasteiger partial charge in [-0.25, -0.2) is 19.9 Å². The van der Waals surface area contributed by atoms with Gasteiger partial charge in [-0.3, -0.25) is 4.40 Å². The minimum atomic E-state index is 0.652. The van der Waals surface area contributed by atoms with Crippen molar-refractivity contribution in [3.8, 4) is 22.6 Å². The van der Waals surface area contributed by atoms with Crippen LogP contribution in [-0.2, 0) is 0 Å². The van der Waals surface area contributed by atoms with Crippen LogP contribution in [0.2, 0.25) is 0 Å². The van der Waals surface area contributed by atoms with Gasteiger partial charge >= 0.3 is 0 Å². The third-order valence-electron chi connectivity index (χ3n) is 8.87. The minimum Gasteiger partial charge on any atom is -0.291 e. The van der Waals surface area contributed by atoms with Gasteiger partial charge in [0.1, 0.15) is 0 Å². The van der Waals surface area contributed by atoms with E-state index in [0.29, 0.717) is 11.6 Å². The number of rotatable bonds is 2. The zero-order chi connectivity index (χ0) is 28.1. The highest BCUT2D eigenvalue weighted by atomic mass is 15.1. The summed E-state index contributed by atoms with van der Waals surface area (Å²) in [5.74, 6) is 1.34. The lowest BCUT2D eigenvalue weighted by Gasteiger charge is -2.16. The van der Waals surface area contributed by atoms with E-state index in [1.165, 1.54) is 64.6 Å². The number of hydrogen-bond donors (Lipinski definition) is 0. The van der Waals surface area contributed by atoms with E-state index in [1.807, 2.05) is 35.3 Å². The van der Waals surface area contributed by atoms with Gasteiger partial charge in [0.05, 0.1) is 5.69 Å². The Labute approximate surface area is 245 Å². The lowest BCUT2D eigenvalue weighted by atomic mass is 9.87. The first kappa shape index (κ1) is 22.7. The molecule has 0 fully saturated rings. The number of fused-ring (bicyclic) bond motifs is 3. The summed E-state index contributed by atoms with van der Waals surface area (Å²) >= 11 is 0. The molecule has 0 saturated carbocycles. The lowest BCUT2D eigenvalue weighted by Crippen LogP contribution is -1.92. The number of benzene rings is 6. The molecule has 0 unspecified atom stereocenters. The maximum Gasteiger partial charge on any atom is 0.234 e. The number of aromatic nitrogens is 5. The second-order valence-electron chi connectivity index (χ2n) is 11.2. The first-order valence-electron chi connectivity index (χ1n) is 14.4. The molecule has 0 N–H and O–H groups in total. The number of hydrogen-bond acceptors (Lipinski definition) is 4. The van der Waals surface area contributed by atoms with Crippen LogP contribution in [-0.4, -0.2) is 24.3 Å². The fourth-order valence-corrected chi connectivity index (χ4v) is 6.99. The van der Waals surface area contributed by atoms with E-state index < -0.39 is 0 Å². The fraction of sp³-hybridized carbons (Fsp3) is 0. The Balaban J connectivity index is 1.31. The zero-order valence-electron chi connectivity index (χ0n) is 22.9. The highest BCUT2D eigenvalue weighted by molar-refractivity contribution is 6.37. The molecule has 3 heterocycles. The predicted octanol–water partition coefficient (Wildman–Crippen LogP) is 9.21. The van der Waals surface area contributed by atoms with Gasteiger partial charge in [0.25, 0.3) is 0 Å². The second-order valence-corrected chi connectivity index (χ2v) is 11.2. The van der Waals surface area contributed by atoms with E-state index in [0.717, 1.165) is 16.8 Å². The standard InChI is InChI=1S/C38H21N5/c1-5-22-11-12-23-7-3-10-30-31-18-26(37-40-19-27(20-41-37)32-21-43-16-4-15-39-38(43)42-32)17-25-14-13-24-6-2-9-29(34(24)36(25)31)28(8-1)33(22)35(23)30/h1-21H. The van der Waals surface area contributed by atoms with Crippen LogP contribution in [0.3, 0.4) is 0 Å². The SMILES string of the molecule is c1cc2ccc3cccc4c5cc(-c6ncc(-c7cn8cccnc8n7)cn6)cc6ccc7cccc(c(c1)c2c34)c7c65. The normalized spacial score (nSPS) is 12.2. The van der Waals surface area contributed by atoms with Gasteiger partial charge in [0.2, 0.25) is 5.78 Å². The van der Waals surface area contributed by atoms with Gasteiger partial charge in [0.15, 0.2) is 5.82 Å². The average molecular weight is 548 g/mol. The van der Waals surface area contributed by atoms with Crippen molar-refractivity contribution in [2.24, 2.45) is 0 Å². The molecule has 0 aliphatic heterocycles. The Morgan fingerprint density at radius 3 is 1.70 bits per heavy atom. The molecule has 10 rings (SSSR count). The monoisotopic (exact) mass is 547 g/mol. The molecule has 5 nitrogen and oxygen atoms in total.